The quantitative estimate of drug-likeness (QED) is 0.581. The Labute approximate surface area is 64.6 Å². The number of furan rings is 1. The van der Waals surface area contributed by atoms with Gasteiger partial charge in [-0.1, -0.05) is 6.07 Å². The van der Waals surface area contributed by atoms with Crippen LogP contribution in [0.25, 0.3) is 11.0 Å². The van der Waals surface area contributed by atoms with Crippen molar-refractivity contribution in [3.63, 3.8) is 0 Å². The summed E-state index contributed by atoms with van der Waals surface area (Å²) in [5, 5.41) is 1.00. The molecule has 1 aromatic carbocycles. The van der Waals surface area contributed by atoms with Gasteiger partial charge in [0.25, 0.3) is 0 Å². The lowest BCUT2D eigenvalue weighted by Gasteiger charge is -1.98. The number of nitrogens with two attached hydrogens (primary N) is 1. The van der Waals surface area contributed by atoms with Gasteiger partial charge in [-0.25, -0.2) is 0 Å². The van der Waals surface area contributed by atoms with E-state index < -0.39 is 0 Å². The third kappa shape index (κ3) is 0.792. The number of nitrogen functional groups attached to an aromatic ring is 1. The van der Waals surface area contributed by atoms with Crippen LogP contribution in [-0.2, 0) is 0 Å². The molecule has 0 fully saturated rings. The summed E-state index contributed by atoms with van der Waals surface area (Å²) >= 11 is 0. The zero-order valence-electron chi connectivity index (χ0n) is 6.29. The van der Waals surface area contributed by atoms with Crippen LogP contribution in [0.15, 0.2) is 28.9 Å². The Morgan fingerprint density at radius 2 is 2.09 bits per heavy atom. The van der Waals surface area contributed by atoms with Gasteiger partial charge in [0.05, 0.1) is 6.26 Å². The first-order valence-electron chi connectivity index (χ1n) is 3.51. The Balaban J connectivity index is 2.93. The van der Waals surface area contributed by atoms with Gasteiger partial charge in [-0.15, -0.1) is 0 Å². The minimum Gasteiger partial charge on any atom is -0.464 e. The summed E-state index contributed by atoms with van der Waals surface area (Å²) in [4.78, 5) is 0. The average molecular weight is 147 g/mol. The summed E-state index contributed by atoms with van der Waals surface area (Å²) < 4.78 is 5.17. The van der Waals surface area contributed by atoms with Crippen LogP contribution in [0.3, 0.4) is 0 Å². The smallest absolute Gasteiger partial charge is 0.135 e. The van der Waals surface area contributed by atoms with Crippen molar-refractivity contribution in [3.8, 4) is 0 Å². The second-order valence-electron chi connectivity index (χ2n) is 2.63. The molecule has 0 aliphatic heterocycles. The van der Waals surface area contributed by atoms with E-state index in [9.17, 15) is 0 Å². The first kappa shape index (κ1) is 6.28. The third-order valence-corrected chi connectivity index (χ3v) is 1.89. The lowest BCUT2D eigenvalue weighted by Crippen LogP contribution is -1.88. The van der Waals surface area contributed by atoms with E-state index in [0.717, 1.165) is 22.2 Å². The molecule has 0 aliphatic carbocycles. The Kier molecular flexibility index (Phi) is 1.15. The van der Waals surface area contributed by atoms with E-state index in [4.69, 9.17) is 10.2 Å². The Bertz CT molecular complexity index is 389. The van der Waals surface area contributed by atoms with Crippen LogP contribution in [0.1, 0.15) is 5.56 Å². The molecule has 11 heavy (non-hydrogen) atoms. The molecule has 2 N–H and O–H groups in total. The van der Waals surface area contributed by atoms with Crippen LogP contribution in [0.4, 0.5) is 5.69 Å². The van der Waals surface area contributed by atoms with Gasteiger partial charge in [-0.2, -0.15) is 0 Å². The highest BCUT2D eigenvalue weighted by Gasteiger charge is 2.01. The maximum Gasteiger partial charge on any atom is 0.135 e. The van der Waals surface area contributed by atoms with Crippen molar-refractivity contribution in [1.29, 1.82) is 0 Å². The minimum atomic E-state index is 0.816. The molecule has 0 saturated heterocycles. The number of hydrogen-bond donors (Lipinski definition) is 1. The maximum absolute atomic E-state index is 5.80. The molecule has 1 aromatic heterocycles. The molecule has 0 aliphatic rings. The van der Waals surface area contributed by atoms with Crippen molar-refractivity contribution in [1.82, 2.24) is 0 Å². The molecule has 0 unspecified atom stereocenters. The van der Waals surface area contributed by atoms with E-state index >= 15 is 0 Å². The number of fused-ring (bicyclic) bond motifs is 1. The zero-order chi connectivity index (χ0) is 7.84. The van der Waals surface area contributed by atoms with Gasteiger partial charge in [0.15, 0.2) is 0 Å². The Morgan fingerprint density at radius 3 is 2.91 bits per heavy atom. The van der Waals surface area contributed by atoms with Gasteiger partial charge < -0.3 is 10.2 Å². The lowest BCUT2D eigenvalue weighted by molar-refractivity contribution is 0.616. The summed E-state index contributed by atoms with van der Waals surface area (Å²) in [5.41, 5.74) is 8.57. The molecule has 56 valence electrons. The molecule has 0 saturated carbocycles. The van der Waals surface area contributed by atoms with Crippen molar-refractivity contribution < 1.29 is 4.42 Å². The number of hydrogen-bond acceptors (Lipinski definition) is 2. The number of benzene rings is 1. The van der Waals surface area contributed by atoms with E-state index in [2.05, 4.69) is 0 Å². The van der Waals surface area contributed by atoms with Crippen LogP contribution in [-0.4, -0.2) is 0 Å². The molecule has 0 radical (unpaired) electrons. The predicted octanol–water partition coefficient (Wildman–Crippen LogP) is 2.32. The van der Waals surface area contributed by atoms with E-state index in [1.165, 1.54) is 0 Å². The topological polar surface area (TPSA) is 39.2 Å². The second kappa shape index (κ2) is 2.02. The van der Waals surface area contributed by atoms with Gasteiger partial charge in [0.1, 0.15) is 5.58 Å². The number of anilines is 1. The molecule has 0 bridgehead atoms. The Hall–Kier alpha value is -1.44. The van der Waals surface area contributed by atoms with Crippen LogP contribution >= 0.6 is 0 Å². The summed E-state index contributed by atoms with van der Waals surface area (Å²) in [7, 11) is 0. The monoisotopic (exact) mass is 147 g/mol. The fourth-order valence-electron chi connectivity index (χ4n) is 1.18. The number of aryl methyl sites for hydroxylation is 1. The molecule has 2 heteroatoms. The van der Waals surface area contributed by atoms with Gasteiger partial charge in [-0.3, -0.25) is 0 Å². The van der Waals surface area contributed by atoms with Gasteiger partial charge >= 0.3 is 0 Å². The van der Waals surface area contributed by atoms with E-state index in [1.54, 1.807) is 6.26 Å². The molecule has 2 aromatic rings. The molecule has 0 atom stereocenters. The number of rotatable bonds is 0. The second-order valence-corrected chi connectivity index (χ2v) is 2.63. The first-order valence-corrected chi connectivity index (χ1v) is 3.51. The molecule has 0 amide bonds. The fourth-order valence-corrected chi connectivity index (χ4v) is 1.18. The third-order valence-electron chi connectivity index (χ3n) is 1.89. The standard InChI is InChI=1S/C9H9NO/c1-6-2-3-8-7(9(6)10)4-5-11-8/h2-5H,10H2,1H3. The predicted molar refractivity (Wildman–Crippen MR) is 45.4 cm³/mol. The van der Waals surface area contributed by atoms with Crippen LogP contribution < -0.4 is 5.73 Å². The maximum atomic E-state index is 5.80. The van der Waals surface area contributed by atoms with Crippen molar-refractivity contribution >= 4 is 16.7 Å². The highest BCUT2D eigenvalue weighted by molar-refractivity contribution is 5.90. The van der Waals surface area contributed by atoms with Gasteiger partial charge in [-0.05, 0) is 24.6 Å². The first-order chi connectivity index (χ1) is 5.29. The highest BCUT2D eigenvalue weighted by atomic mass is 16.3. The summed E-state index contributed by atoms with van der Waals surface area (Å²) in [6, 6.07) is 5.78. The summed E-state index contributed by atoms with van der Waals surface area (Å²) in [6.45, 7) is 1.99. The summed E-state index contributed by atoms with van der Waals surface area (Å²) in [6.07, 6.45) is 1.65. The van der Waals surface area contributed by atoms with E-state index in [1.807, 2.05) is 25.1 Å². The van der Waals surface area contributed by atoms with Gasteiger partial charge in [0, 0.05) is 11.1 Å². The van der Waals surface area contributed by atoms with Crippen molar-refractivity contribution in [3.05, 3.63) is 30.0 Å². The van der Waals surface area contributed by atoms with E-state index in [0.29, 0.717) is 0 Å². The zero-order valence-corrected chi connectivity index (χ0v) is 6.29. The lowest BCUT2D eigenvalue weighted by atomic mass is 10.1. The molecule has 2 nitrogen and oxygen atoms in total. The fraction of sp³-hybridized carbons (Fsp3) is 0.111. The Morgan fingerprint density at radius 1 is 1.27 bits per heavy atom. The van der Waals surface area contributed by atoms with E-state index in [-0.39, 0.29) is 0 Å². The van der Waals surface area contributed by atoms with Crippen LogP contribution in [0.2, 0.25) is 0 Å². The SMILES string of the molecule is Cc1ccc2occc2c1N. The normalized spacial score (nSPS) is 10.6. The molecule has 1 heterocycles. The van der Waals surface area contributed by atoms with Crippen molar-refractivity contribution in [2.75, 3.05) is 5.73 Å². The molecule has 0 spiro atoms. The average Bonchev–Trinajstić information content (AvgIpc) is 2.45. The van der Waals surface area contributed by atoms with Crippen molar-refractivity contribution in [2.24, 2.45) is 0 Å². The molecular formula is C9H9NO. The highest BCUT2D eigenvalue weighted by Crippen LogP contribution is 2.24. The molecular weight excluding hydrogens is 138 g/mol. The molecule has 2 rings (SSSR count). The van der Waals surface area contributed by atoms with Crippen LogP contribution in [0.5, 0.6) is 0 Å². The summed E-state index contributed by atoms with van der Waals surface area (Å²) in [5.74, 6) is 0. The van der Waals surface area contributed by atoms with Crippen molar-refractivity contribution in [2.45, 2.75) is 6.92 Å². The van der Waals surface area contributed by atoms with Crippen LogP contribution in [0, 0.1) is 6.92 Å². The van der Waals surface area contributed by atoms with Gasteiger partial charge in [0.2, 0.25) is 0 Å². The minimum absolute atomic E-state index is 0.816. The largest absolute Gasteiger partial charge is 0.464 e.